The number of benzene rings is 1. The number of hydrogen-bond acceptors (Lipinski definition) is 4. The van der Waals surface area contributed by atoms with Gasteiger partial charge in [-0.05, 0) is 30.7 Å². The number of aliphatic hydroxyl groups excluding tert-OH is 2. The molecular weight excluding hydrogens is 263 g/mol. The molecule has 1 amide bonds. The fourth-order valence-electron chi connectivity index (χ4n) is 2.16. The van der Waals surface area contributed by atoms with Crippen molar-refractivity contribution in [3.05, 3.63) is 35.1 Å². The Balaban J connectivity index is 1.98. The molecule has 2 N–H and O–H groups in total. The Morgan fingerprint density at radius 2 is 2.20 bits per heavy atom. The van der Waals surface area contributed by atoms with Gasteiger partial charge in [0.05, 0.1) is 6.10 Å². The highest BCUT2D eigenvalue weighted by atomic mass is 19.1. The highest BCUT2D eigenvalue weighted by molar-refractivity contribution is 5.94. The molecule has 1 aliphatic heterocycles. The predicted molar refractivity (Wildman–Crippen MR) is 71.7 cm³/mol. The van der Waals surface area contributed by atoms with Gasteiger partial charge in [0, 0.05) is 32.2 Å². The second-order valence-electron chi connectivity index (χ2n) is 5.23. The molecule has 0 aliphatic carbocycles. The van der Waals surface area contributed by atoms with Gasteiger partial charge >= 0.3 is 0 Å². The van der Waals surface area contributed by atoms with Crippen LogP contribution in [0.1, 0.15) is 15.9 Å². The van der Waals surface area contributed by atoms with E-state index in [1.54, 1.807) is 6.92 Å². The van der Waals surface area contributed by atoms with Crippen LogP contribution < -0.4 is 0 Å². The van der Waals surface area contributed by atoms with Crippen molar-refractivity contribution in [2.75, 3.05) is 26.7 Å². The maximum atomic E-state index is 13.2. The van der Waals surface area contributed by atoms with E-state index < -0.39 is 6.23 Å². The first kappa shape index (κ1) is 14.9. The lowest BCUT2D eigenvalue weighted by molar-refractivity contribution is -0.0524. The Morgan fingerprint density at radius 1 is 1.55 bits per heavy atom. The van der Waals surface area contributed by atoms with Crippen LogP contribution in [0.25, 0.3) is 0 Å². The summed E-state index contributed by atoms with van der Waals surface area (Å²) in [5, 5.41) is 19.2. The van der Waals surface area contributed by atoms with Crippen LogP contribution in [-0.4, -0.2) is 64.9 Å². The molecule has 110 valence electrons. The molecule has 1 aromatic rings. The van der Waals surface area contributed by atoms with Crippen LogP contribution in [0.4, 0.5) is 4.39 Å². The van der Waals surface area contributed by atoms with E-state index in [2.05, 4.69) is 0 Å². The summed E-state index contributed by atoms with van der Waals surface area (Å²) in [6, 6.07) is 4.12. The zero-order valence-electron chi connectivity index (χ0n) is 11.6. The molecule has 1 saturated heterocycles. The Bertz CT molecular complexity index is 503. The molecule has 0 bridgehead atoms. The number of likely N-dealkylation sites (tertiary alicyclic amines) is 1. The highest BCUT2D eigenvalue weighted by Crippen LogP contribution is 2.14. The first-order chi connectivity index (χ1) is 9.38. The number of amides is 1. The van der Waals surface area contributed by atoms with Gasteiger partial charge in [-0.15, -0.1) is 0 Å². The van der Waals surface area contributed by atoms with Gasteiger partial charge in [0.1, 0.15) is 12.0 Å². The largest absolute Gasteiger partial charge is 0.390 e. The smallest absolute Gasteiger partial charge is 0.255 e. The third kappa shape index (κ3) is 3.15. The van der Waals surface area contributed by atoms with Crippen LogP contribution in [0.3, 0.4) is 0 Å². The lowest BCUT2D eigenvalue weighted by Crippen LogP contribution is -2.55. The van der Waals surface area contributed by atoms with E-state index in [-0.39, 0.29) is 17.8 Å². The van der Waals surface area contributed by atoms with Gasteiger partial charge < -0.3 is 15.1 Å². The minimum Gasteiger partial charge on any atom is -0.390 e. The summed E-state index contributed by atoms with van der Waals surface area (Å²) >= 11 is 0. The molecule has 20 heavy (non-hydrogen) atoms. The number of likely N-dealkylation sites (N-methyl/N-ethyl adjacent to an activating group) is 1. The molecule has 0 saturated carbocycles. The summed E-state index contributed by atoms with van der Waals surface area (Å²) in [7, 11) is 1.50. The monoisotopic (exact) mass is 282 g/mol. The minimum absolute atomic E-state index is 0.291. The van der Waals surface area contributed by atoms with Gasteiger partial charge in [-0.3, -0.25) is 9.69 Å². The maximum Gasteiger partial charge on any atom is 0.255 e. The minimum atomic E-state index is -0.958. The number of hydrogen-bond donors (Lipinski definition) is 2. The third-order valence-corrected chi connectivity index (χ3v) is 3.53. The van der Waals surface area contributed by atoms with Gasteiger partial charge in [-0.25, -0.2) is 4.39 Å². The van der Waals surface area contributed by atoms with E-state index in [1.165, 1.54) is 30.1 Å². The van der Waals surface area contributed by atoms with Crippen molar-refractivity contribution in [3.63, 3.8) is 0 Å². The number of carbonyl (C=O) groups is 1. The van der Waals surface area contributed by atoms with E-state index in [0.29, 0.717) is 30.8 Å². The van der Waals surface area contributed by atoms with Gasteiger partial charge in [-0.2, -0.15) is 0 Å². The predicted octanol–water partition coefficient (Wildman–Crippen LogP) is 0.201. The SMILES string of the molecule is Cc1cc(C(=O)N(C)[C@@H](O)CN2CC(O)C2)ccc1F. The Morgan fingerprint density at radius 3 is 2.75 bits per heavy atom. The number of halogens is 1. The van der Waals surface area contributed by atoms with E-state index in [1.807, 2.05) is 4.90 Å². The number of carbonyl (C=O) groups excluding carboxylic acids is 1. The molecule has 1 aromatic carbocycles. The molecule has 0 aromatic heterocycles. The second kappa shape index (κ2) is 5.87. The number of aryl methyl sites for hydroxylation is 1. The number of aliphatic hydroxyl groups is 2. The van der Waals surface area contributed by atoms with Crippen LogP contribution in [0.15, 0.2) is 18.2 Å². The maximum absolute atomic E-state index is 13.2. The third-order valence-electron chi connectivity index (χ3n) is 3.53. The first-order valence-corrected chi connectivity index (χ1v) is 6.50. The van der Waals surface area contributed by atoms with Crippen molar-refractivity contribution in [2.24, 2.45) is 0 Å². The fourth-order valence-corrected chi connectivity index (χ4v) is 2.16. The van der Waals surface area contributed by atoms with E-state index >= 15 is 0 Å². The van der Waals surface area contributed by atoms with Crippen LogP contribution in [0, 0.1) is 12.7 Å². The van der Waals surface area contributed by atoms with Crippen LogP contribution in [0.5, 0.6) is 0 Å². The summed E-state index contributed by atoms with van der Waals surface area (Å²) in [5.74, 6) is -0.721. The molecule has 1 aliphatic rings. The molecule has 1 atom stereocenters. The summed E-state index contributed by atoms with van der Waals surface area (Å²) < 4.78 is 13.2. The topological polar surface area (TPSA) is 64.0 Å². The van der Waals surface area contributed by atoms with E-state index in [9.17, 15) is 19.4 Å². The summed E-state index contributed by atoms with van der Waals surface area (Å²) in [5.41, 5.74) is 0.735. The number of nitrogens with zero attached hydrogens (tertiary/aromatic N) is 2. The molecule has 0 unspecified atom stereocenters. The van der Waals surface area contributed by atoms with Crippen molar-refractivity contribution in [1.82, 2.24) is 9.80 Å². The highest BCUT2D eigenvalue weighted by Gasteiger charge is 2.28. The normalized spacial score (nSPS) is 17.6. The Labute approximate surface area is 117 Å². The molecule has 6 heteroatoms. The second-order valence-corrected chi connectivity index (χ2v) is 5.23. The quantitative estimate of drug-likeness (QED) is 0.775. The molecule has 1 heterocycles. The average Bonchev–Trinajstić information content (AvgIpc) is 2.38. The molecule has 0 radical (unpaired) electrons. The average molecular weight is 282 g/mol. The van der Waals surface area contributed by atoms with Crippen LogP contribution in [0.2, 0.25) is 0 Å². The number of β-amino-alcohol motifs (C(OH)–C–C–N with tert-alkyl or cyclic N) is 2. The Kier molecular flexibility index (Phi) is 4.37. The van der Waals surface area contributed by atoms with Crippen LogP contribution >= 0.6 is 0 Å². The van der Waals surface area contributed by atoms with Crippen LogP contribution in [-0.2, 0) is 0 Å². The molecule has 5 nitrogen and oxygen atoms in total. The summed E-state index contributed by atoms with van der Waals surface area (Å²) in [6.07, 6.45) is -1.30. The van der Waals surface area contributed by atoms with Gasteiger partial charge in [0.2, 0.25) is 0 Å². The number of rotatable bonds is 4. The molecule has 0 spiro atoms. The summed E-state index contributed by atoms with van der Waals surface area (Å²) in [4.78, 5) is 15.3. The van der Waals surface area contributed by atoms with Crippen molar-refractivity contribution >= 4 is 5.91 Å². The van der Waals surface area contributed by atoms with Gasteiger partial charge in [0.15, 0.2) is 0 Å². The zero-order chi connectivity index (χ0) is 14.9. The van der Waals surface area contributed by atoms with Crippen molar-refractivity contribution in [3.8, 4) is 0 Å². The molecule has 2 rings (SSSR count). The van der Waals surface area contributed by atoms with Crippen molar-refractivity contribution in [2.45, 2.75) is 19.3 Å². The fraction of sp³-hybridized carbons (Fsp3) is 0.500. The van der Waals surface area contributed by atoms with Crippen molar-refractivity contribution in [1.29, 1.82) is 0 Å². The first-order valence-electron chi connectivity index (χ1n) is 6.50. The van der Waals surface area contributed by atoms with E-state index in [4.69, 9.17) is 0 Å². The Hall–Kier alpha value is -1.50. The lowest BCUT2D eigenvalue weighted by Gasteiger charge is -2.38. The van der Waals surface area contributed by atoms with Crippen molar-refractivity contribution < 1.29 is 19.4 Å². The summed E-state index contributed by atoms with van der Waals surface area (Å²) in [6.45, 7) is 2.90. The zero-order valence-corrected chi connectivity index (χ0v) is 11.6. The van der Waals surface area contributed by atoms with Gasteiger partial charge in [-0.1, -0.05) is 0 Å². The van der Waals surface area contributed by atoms with Gasteiger partial charge in [0.25, 0.3) is 5.91 Å². The standard InChI is InChI=1S/C14H19FN2O3/c1-9-5-10(3-4-12(9)15)14(20)16(2)13(19)8-17-6-11(18)7-17/h3-5,11,13,18-19H,6-8H2,1-2H3/t13-/m0/s1. The van der Waals surface area contributed by atoms with E-state index in [0.717, 1.165) is 0 Å². The molecular formula is C14H19FN2O3. The lowest BCUT2D eigenvalue weighted by atomic mass is 10.1. The molecule has 1 fully saturated rings.